The van der Waals surface area contributed by atoms with Gasteiger partial charge in [0.25, 0.3) is 0 Å². The molecule has 6 heteroatoms. The number of ketones is 1. The molecule has 0 bridgehead atoms. The van der Waals surface area contributed by atoms with Gasteiger partial charge in [0.05, 0.1) is 24.7 Å². The van der Waals surface area contributed by atoms with Gasteiger partial charge >= 0.3 is 5.97 Å². The van der Waals surface area contributed by atoms with Crippen molar-refractivity contribution >= 4 is 11.8 Å². The second-order valence-corrected chi connectivity index (χ2v) is 6.20. The van der Waals surface area contributed by atoms with Gasteiger partial charge in [-0.2, -0.15) is 5.26 Å². The Morgan fingerprint density at radius 1 is 1.40 bits per heavy atom. The first-order chi connectivity index (χ1) is 11.9. The lowest BCUT2D eigenvalue weighted by Gasteiger charge is -2.36. The fourth-order valence-electron chi connectivity index (χ4n) is 3.51. The quantitative estimate of drug-likeness (QED) is 0.604. The van der Waals surface area contributed by atoms with Gasteiger partial charge in [0.15, 0.2) is 0 Å². The number of carbonyl (C=O) groups is 2. The lowest BCUT2D eigenvalue weighted by molar-refractivity contribution is -0.153. The molecule has 0 spiro atoms. The SMILES string of the molecule is CCOC(=O)C1CC(C#N)(c2c(C)cc(F)cc2OCC)CCC1=O. The fourth-order valence-corrected chi connectivity index (χ4v) is 3.51. The number of esters is 1. The maximum absolute atomic E-state index is 13.8. The predicted octanol–water partition coefficient (Wildman–Crippen LogP) is 3.23. The molecule has 0 amide bonds. The molecule has 2 atom stereocenters. The lowest BCUT2D eigenvalue weighted by atomic mass is 9.65. The number of aryl methyl sites for hydroxylation is 1. The third-order valence-electron chi connectivity index (χ3n) is 4.57. The molecule has 2 unspecified atom stereocenters. The van der Waals surface area contributed by atoms with Crippen molar-refractivity contribution in [1.82, 2.24) is 0 Å². The minimum atomic E-state index is -1.09. The van der Waals surface area contributed by atoms with Crippen molar-refractivity contribution in [2.75, 3.05) is 13.2 Å². The van der Waals surface area contributed by atoms with E-state index in [1.54, 1.807) is 20.8 Å². The van der Waals surface area contributed by atoms with E-state index in [1.807, 2.05) is 0 Å². The summed E-state index contributed by atoms with van der Waals surface area (Å²) in [6, 6.07) is 4.87. The van der Waals surface area contributed by atoms with Crippen molar-refractivity contribution in [2.24, 2.45) is 5.92 Å². The molecule has 1 aliphatic carbocycles. The average molecular weight is 347 g/mol. The highest BCUT2D eigenvalue weighted by Gasteiger charge is 2.47. The molecule has 0 aromatic heterocycles. The number of rotatable bonds is 5. The van der Waals surface area contributed by atoms with Crippen LogP contribution in [-0.4, -0.2) is 25.0 Å². The summed E-state index contributed by atoms with van der Waals surface area (Å²) in [5.41, 5.74) is 0.0372. The Morgan fingerprint density at radius 3 is 2.72 bits per heavy atom. The van der Waals surface area contributed by atoms with E-state index in [0.29, 0.717) is 23.5 Å². The van der Waals surface area contributed by atoms with Gasteiger partial charge in [-0.1, -0.05) is 0 Å². The van der Waals surface area contributed by atoms with Gasteiger partial charge in [-0.25, -0.2) is 4.39 Å². The largest absolute Gasteiger partial charge is 0.493 e. The van der Waals surface area contributed by atoms with E-state index in [0.717, 1.165) is 0 Å². The summed E-state index contributed by atoms with van der Waals surface area (Å²) in [6.07, 6.45) is 0.387. The minimum Gasteiger partial charge on any atom is -0.493 e. The van der Waals surface area contributed by atoms with Gasteiger partial charge in [0, 0.05) is 18.1 Å². The molecule has 1 fully saturated rings. The number of Topliss-reactive ketones (excluding diaryl/α,β-unsaturated/α-hetero) is 1. The molecule has 5 nitrogen and oxygen atoms in total. The first-order valence-electron chi connectivity index (χ1n) is 8.42. The number of nitriles is 1. The second kappa shape index (κ2) is 7.64. The Hall–Kier alpha value is -2.42. The topological polar surface area (TPSA) is 76.4 Å². The third kappa shape index (κ3) is 3.65. The molecule has 1 aromatic rings. The van der Waals surface area contributed by atoms with E-state index < -0.39 is 23.1 Å². The monoisotopic (exact) mass is 347 g/mol. The van der Waals surface area contributed by atoms with Crippen molar-refractivity contribution in [3.63, 3.8) is 0 Å². The average Bonchev–Trinajstić information content (AvgIpc) is 2.56. The van der Waals surface area contributed by atoms with Crippen molar-refractivity contribution in [3.8, 4) is 11.8 Å². The summed E-state index contributed by atoms with van der Waals surface area (Å²) < 4.78 is 24.4. The summed E-state index contributed by atoms with van der Waals surface area (Å²) in [4.78, 5) is 24.3. The van der Waals surface area contributed by atoms with Crippen molar-refractivity contribution in [3.05, 3.63) is 29.1 Å². The molecule has 134 valence electrons. The molecular formula is C19H22FNO4. The van der Waals surface area contributed by atoms with Crippen LogP contribution < -0.4 is 4.74 Å². The standard InChI is InChI=1S/C19H22FNO4/c1-4-24-16-9-13(20)8-12(3)17(16)19(11-21)7-6-15(22)14(10-19)18(23)25-5-2/h8-9,14H,4-7,10H2,1-3H3. The predicted molar refractivity (Wildman–Crippen MR) is 88.6 cm³/mol. The zero-order valence-electron chi connectivity index (χ0n) is 14.7. The molecular weight excluding hydrogens is 325 g/mol. The van der Waals surface area contributed by atoms with Gasteiger partial charge in [0.2, 0.25) is 0 Å². The molecule has 1 aromatic carbocycles. The smallest absolute Gasteiger partial charge is 0.316 e. The zero-order chi connectivity index (χ0) is 18.6. The number of halogens is 1. The van der Waals surface area contributed by atoms with Crippen molar-refractivity contribution in [2.45, 2.75) is 45.4 Å². The van der Waals surface area contributed by atoms with Crippen LogP contribution in [0, 0.1) is 30.0 Å². The molecule has 0 N–H and O–H groups in total. The van der Waals surface area contributed by atoms with E-state index in [4.69, 9.17) is 9.47 Å². The van der Waals surface area contributed by atoms with E-state index in [2.05, 4.69) is 6.07 Å². The number of ether oxygens (including phenoxy) is 2. The van der Waals surface area contributed by atoms with Crippen LogP contribution in [0.2, 0.25) is 0 Å². The van der Waals surface area contributed by atoms with Crippen LogP contribution in [0.1, 0.15) is 44.2 Å². The molecule has 0 radical (unpaired) electrons. The Labute approximate surface area is 146 Å². The Bertz CT molecular complexity index is 725. The lowest BCUT2D eigenvalue weighted by Crippen LogP contribution is -2.41. The first-order valence-corrected chi connectivity index (χ1v) is 8.42. The van der Waals surface area contributed by atoms with Crippen molar-refractivity contribution in [1.29, 1.82) is 5.26 Å². The normalized spacial score (nSPS) is 23.0. The molecule has 0 saturated heterocycles. The third-order valence-corrected chi connectivity index (χ3v) is 4.57. The van der Waals surface area contributed by atoms with Gasteiger partial charge < -0.3 is 9.47 Å². The van der Waals surface area contributed by atoms with Gasteiger partial charge in [-0.15, -0.1) is 0 Å². The minimum absolute atomic E-state index is 0.0215. The number of hydrogen-bond acceptors (Lipinski definition) is 5. The van der Waals surface area contributed by atoms with Crippen LogP contribution in [0.15, 0.2) is 12.1 Å². The first kappa shape index (κ1) is 18.9. The highest BCUT2D eigenvalue weighted by atomic mass is 19.1. The van der Waals surface area contributed by atoms with Gasteiger partial charge in [0.1, 0.15) is 23.3 Å². The van der Waals surface area contributed by atoms with Gasteiger partial charge in [-0.05, 0) is 45.2 Å². The summed E-state index contributed by atoms with van der Waals surface area (Å²) in [5, 5.41) is 9.93. The maximum Gasteiger partial charge on any atom is 0.316 e. The molecule has 2 rings (SSSR count). The number of hydrogen-bond donors (Lipinski definition) is 0. The summed E-state index contributed by atoms with van der Waals surface area (Å²) in [5.74, 6) is -1.97. The number of nitrogens with zero attached hydrogens (tertiary/aromatic N) is 1. The van der Waals surface area contributed by atoms with E-state index in [9.17, 15) is 19.2 Å². The highest BCUT2D eigenvalue weighted by molar-refractivity contribution is 6.00. The Balaban J connectivity index is 2.53. The Kier molecular flexibility index (Phi) is 5.78. The van der Waals surface area contributed by atoms with E-state index in [-0.39, 0.29) is 31.7 Å². The highest BCUT2D eigenvalue weighted by Crippen LogP contribution is 2.46. The summed E-state index contributed by atoms with van der Waals surface area (Å²) >= 11 is 0. The molecule has 1 aliphatic rings. The fraction of sp³-hybridized carbons (Fsp3) is 0.526. The van der Waals surface area contributed by atoms with Crippen LogP contribution in [-0.2, 0) is 19.7 Å². The molecule has 0 aliphatic heterocycles. The molecule has 0 heterocycles. The summed E-state index contributed by atoms with van der Waals surface area (Å²) in [7, 11) is 0. The number of carbonyl (C=O) groups excluding carboxylic acids is 2. The van der Waals surface area contributed by atoms with Crippen molar-refractivity contribution < 1.29 is 23.5 Å². The van der Waals surface area contributed by atoms with Crippen LogP contribution >= 0.6 is 0 Å². The maximum atomic E-state index is 13.8. The summed E-state index contributed by atoms with van der Waals surface area (Å²) in [6.45, 7) is 5.63. The molecule has 25 heavy (non-hydrogen) atoms. The number of benzene rings is 1. The van der Waals surface area contributed by atoms with Crippen LogP contribution in [0.4, 0.5) is 4.39 Å². The van der Waals surface area contributed by atoms with Gasteiger partial charge in [-0.3, -0.25) is 9.59 Å². The van der Waals surface area contributed by atoms with Crippen LogP contribution in [0.5, 0.6) is 5.75 Å². The second-order valence-electron chi connectivity index (χ2n) is 6.20. The van der Waals surface area contributed by atoms with E-state index >= 15 is 0 Å². The van der Waals surface area contributed by atoms with E-state index in [1.165, 1.54) is 12.1 Å². The zero-order valence-corrected chi connectivity index (χ0v) is 14.7. The van der Waals surface area contributed by atoms with Crippen LogP contribution in [0.25, 0.3) is 0 Å². The van der Waals surface area contributed by atoms with Crippen LogP contribution in [0.3, 0.4) is 0 Å². The molecule has 1 saturated carbocycles. The Morgan fingerprint density at radius 2 is 2.12 bits per heavy atom.